The van der Waals surface area contributed by atoms with E-state index in [0.717, 1.165) is 46.2 Å². The van der Waals surface area contributed by atoms with Crippen molar-refractivity contribution in [3.8, 4) is 0 Å². The lowest BCUT2D eigenvalue weighted by molar-refractivity contribution is 0.0746. The molecule has 0 atom stereocenters. The van der Waals surface area contributed by atoms with Gasteiger partial charge in [0.05, 0.1) is 15.7 Å². The van der Waals surface area contributed by atoms with E-state index in [1.54, 1.807) is 11.3 Å². The maximum absolute atomic E-state index is 13.0. The number of carbonyl (C=O) groups is 1. The molecule has 0 saturated carbocycles. The average Bonchev–Trinajstić information content (AvgIpc) is 3.28. The van der Waals surface area contributed by atoms with E-state index in [1.807, 2.05) is 53.7 Å². The van der Waals surface area contributed by atoms with Gasteiger partial charge >= 0.3 is 0 Å². The average molecular weight is 445 g/mol. The van der Waals surface area contributed by atoms with Gasteiger partial charge in [-0.15, -0.1) is 11.3 Å². The summed E-state index contributed by atoms with van der Waals surface area (Å²) in [5, 5.41) is 3.37. The summed E-state index contributed by atoms with van der Waals surface area (Å²) in [5.74, 6) is 2.44. The van der Waals surface area contributed by atoms with E-state index in [1.165, 1.54) is 5.56 Å². The fraction of sp³-hybridized carbons (Fsp3) is 0.250. The maximum atomic E-state index is 13.0. The Bertz CT molecular complexity index is 1260. The van der Waals surface area contributed by atoms with Crippen LogP contribution in [0.5, 0.6) is 0 Å². The van der Waals surface area contributed by atoms with Crippen LogP contribution in [0.15, 0.2) is 54.0 Å². The molecule has 32 heavy (non-hydrogen) atoms. The fourth-order valence-electron chi connectivity index (χ4n) is 3.87. The molecular weight excluding hydrogens is 420 g/mol. The number of benzene rings is 2. The molecule has 4 aromatic rings. The number of aryl methyl sites for hydroxylation is 2. The summed E-state index contributed by atoms with van der Waals surface area (Å²) in [6.45, 7) is 6.74. The molecule has 3 heterocycles. The highest BCUT2D eigenvalue weighted by Gasteiger charge is 2.23. The minimum absolute atomic E-state index is 0.0699. The van der Waals surface area contributed by atoms with Crippen molar-refractivity contribution >= 4 is 44.8 Å². The summed E-state index contributed by atoms with van der Waals surface area (Å²) in [6, 6.07) is 15.9. The van der Waals surface area contributed by atoms with E-state index in [9.17, 15) is 4.79 Å². The topological polar surface area (TPSA) is 74.2 Å². The zero-order valence-electron chi connectivity index (χ0n) is 18.1. The molecule has 5 rings (SSSR count). The molecule has 0 spiro atoms. The molecular formula is C24H24N6OS. The summed E-state index contributed by atoms with van der Waals surface area (Å²) >= 11 is 1.56. The number of carbonyl (C=O) groups excluding carboxylic acids is 1. The van der Waals surface area contributed by atoms with Gasteiger partial charge in [-0.1, -0.05) is 17.7 Å². The predicted octanol–water partition coefficient (Wildman–Crippen LogP) is 4.41. The maximum Gasteiger partial charge on any atom is 0.254 e. The Kier molecular flexibility index (Phi) is 5.45. The summed E-state index contributed by atoms with van der Waals surface area (Å²) in [5.41, 5.74) is 5.68. The summed E-state index contributed by atoms with van der Waals surface area (Å²) in [7, 11) is 0. The zero-order chi connectivity index (χ0) is 22.1. The van der Waals surface area contributed by atoms with E-state index in [0.29, 0.717) is 18.9 Å². The standard InChI is InChI=1S/C24H24N6OS/c1-16-3-6-19(7-4-16)28-22-14-23(27-17(2)26-22)29-9-11-30(12-10-29)24(31)18-5-8-20-21(13-18)32-15-25-20/h3-8,13-15H,9-12H2,1-2H3,(H,26,27,28). The Labute approximate surface area is 190 Å². The number of fused-ring (bicyclic) bond motifs is 1. The van der Waals surface area contributed by atoms with E-state index in [-0.39, 0.29) is 5.91 Å². The van der Waals surface area contributed by atoms with Crippen molar-refractivity contribution in [2.75, 3.05) is 36.4 Å². The van der Waals surface area contributed by atoms with Gasteiger partial charge in [0.25, 0.3) is 5.91 Å². The number of piperazine rings is 1. The molecule has 1 N–H and O–H groups in total. The highest BCUT2D eigenvalue weighted by atomic mass is 32.1. The Balaban J connectivity index is 1.26. The van der Waals surface area contributed by atoms with Crippen LogP contribution in [0, 0.1) is 13.8 Å². The van der Waals surface area contributed by atoms with Crippen LogP contribution in [-0.2, 0) is 0 Å². The number of hydrogen-bond donors (Lipinski definition) is 1. The molecule has 0 bridgehead atoms. The largest absolute Gasteiger partial charge is 0.353 e. The Morgan fingerprint density at radius 2 is 1.75 bits per heavy atom. The number of anilines is 3. The number of nitrogens with zero attached hydrogens (tertiary/aromatic N) is 5. The molecule has 1 saturated heterocycles. The van der Waals surface area contributed by atoms with Crippen LogP contribution in [-0.4, -0.2) is 51.9 Å². The summed E-state index contributed by atoms with van der Waals surface area (Å²) in [4.78, 5) is 30.6. The monoisotopic (exact) mass is 444 g/mol. The molecule has 2 aromatic heterocycles. The third-order valence-electron chi connectivity index (χ3n) is 5.62. The van der Waals surface area contributed by atoms with Gasteiger partial charge in [-0.05, 0) is 44.2 Å². The van der Waals surface area contributed by atoms with E-state index < -0.39 is 0 Å². The molecule has 1 aliphatic rings. The minimum atomic E-state index is 0.0699. The first-order valence-corrected chi connectivity index (χ1v) is 11.5. The summed E-state index contributed by atoms with van der Waals surface area (Å²) in [6.07, 6.45) is 0. The van der Waals surface area contributed by atoms with Crippen LogP contribution in [0.2, 0.25) is 0 Å². The zero-order valence-corrected chi connectivity index (χ0v) is 18.9. The normalized spacial score (nSPS) is 14.1. The SMILES string of the molecule is Cc1ccc(Nc2cc(N3CCN(C(=O)c4ccc5ncsc5c4)CC3)nc(C)n2)cc1. The van der Waals surface area contributed by atoms with E-state index in [2.05, 4.69) is 44.2 Å². The molecule has 0 radical (unpaired) electrons. The van der Waals surface area contributed by atoms with E-state index >= 15 is 0 Å². The van der Waals surface area contributed by atoms with Crippen LogP contribution in [0.25, 0.3) is 10.2 Å². The quantitative estimate of drug-likeness (QED) is 0.503. The number of nitrogens with one attached hydrogen (secondary N) is 1. The third-order valence-corrected chi connectivity index (χ3v) is 6.41. The second-order valence-corrected chi connectivity index (χ2v) is 8.85. The second kappa shape index (κ2) is 8.55. The van der Waals surface area contributed by atoms with Crippen LogP contribution in [0.3, 0.4) is 0 Å². The Hall–Kier alpha value is -3.52. The molecule has 1 amide bonds. The van der Waals surface area contributed by atoms with Crippen LogP contribution in [0.1, 0.15) is 21.7 Å². The van der Waals surface area contributed by atoms with Crippen molar-refractivity contribution in [3.05, 3.63) is 71.0 Å². The van der Waals surface area contributed by atoms with Gasteiger partial charge in [0.15, 0.2) is 0 Å². The number of aromatic nitrogens is 3. The van der Waals surface area contributed by atoms with Gasteiger partial charge in [0.1, 0.15) is 17.5 Å². The lowest BCUT2D eigenvalue weighted by Crippen LogP contribution is -2.49. The molecule has 7 nitrogen and oxygen atoms in total. The van der Waals surface area contributed by atoms with E-state index in [4.69, 9.17) is 0 Å². The number of thiazole rings is 1. The van der Waals surface area contributed by atoms with Gasteiger partial charge in [-0.2, -0.15) is 0 Å². The number of hydrogen-bond acceptors (Lipinski definition) is 7. The molecule has 1 aliphatic heterocycles. The molecule has 2 aromatic carbocycles. The lowest BCUT2D eigenvalue weighted by atomic mass is 10.1. The number of amides is 1. The molecule has 0 aliphatic carbocycles. The third kappa shape index (κ3) is 4.27. The molecule has 162 valence electrons. The van der Waals surface area contributed by atoms with Crippen molar-refractivity contribution < 1.29 is 4.79 Å². The molecule has 1 fully saturated rings. The van der Waals surface area contributed by atoms with Crippen LogP contribution >= 0.6 is 11.3 Å². The van der Waals surface area contributed by atoms with Crippen molar-refractivity contribution in [3.63, 3.8) is 0 Å². The molecule has 8 heteroatoms. The van der Waals surface area contributed by atoms with Crippen molar-refractivity contribution in [1.29, 1.82) is 0 Å². The Morgan fingerprint density at radius 1 is 0.969 bits per heavy atom. The van der Waals surface area contributed by atoms with Gasteiger partial charge < -0.3 is 15.1 Å². The van der Waals surface area contributed by atoms with Crippen LogP contribution in [0.4, 0.5) is 17.3 Å². The first kappa shape index (κ1) is 20.4. The number of rotatable bonds is 4. The van der Waals surface area contributed by atoms with Gasteiger partial charge in [-0.3, -0.25) is 4.79 Å². The van der Waals surface area contributed by atoms with Gasteiger partial charge in [0, 0.05) is 43.5 Å². The first-order chi connectivity index (χ1) is 15.5. The van der Waals surface area contributed by atoms with Crippen molar-refractivity contribution in [2.24, 2.45) is 0 Å². The van der Waals surface area contributed by atoms with Gasteiger partial charge in [-0.25, -0.2) is 15.0 Å². The smallest absolute Gasteiger partial charge is 0.254 e. The molecule has 0 unspecified atom stereocenters. The predicted molar refractivity (Wildman–Crippen MR) is 129 cm³/mol. The second-order valence-electron chi connectivity index (χ2n) is 7.96. The fourth-order valence-corrected chi connectivity index (χ4v) is 4.59. The van der Waals surface area contributed by atoms with Crippen molar-refractivity contribution in [2.45, 2.75) is 13.8 Å². The van der Waals surface area contributed by atoms with Gasteiger partial charge in [0.2, 0.25) is 0 Å². The lowest BCUT2D eigenvalue weighted by Gasteiger charge is -2.35. The highest BCUT2D eigenvalue weighted by molar-refractivity contribution is 7.16. The first-order valence-electron chi connectivity index (χ1n) is 10.6. The highest BCUT2D eigenvalue weighted by Crippen LogP contribution is 2.23. The summed E-state index contributed by atoms with van der Waals surface area (Å²) < 4.78 is 1.04. The van der Waals surface area contributed by atoms with Crippen LogP contribution < -0.4 is 10.2 Å². The Morgan fingerprint density at radius 3 is 2.53 bits per heavy atom. The minimum Gasteiger partial charge on any atom is -0.353 e. The van der Waals surface area contributed by atoms with Crippen molar-refractivity contribution in [1.82, 2.24) is 19.9 Å².